The molecule has 0 spiro atoms. The van der Waals surface area contributed by atoms with E-state index in [2.05, 4.69) is 14.2 Å². The third-order valence-corrected chi connectivity index (χ3v) is 0.924. The Balaban J connectivity index is 0. The first-order valence-corrected chi connectivity index (χ1v) is 3.94. The second-order valence-electron chi connectivity index (χ2n) is 1.97. The van der Waals surface area contributed by atoms with Gasteiger partial charge in [0.2, 0.25) is 0 Å². The molecule has 0 heterocycles. The van der Waals surface area contributed by atoms with Gasteiger partial charge in [0.15, 0.2) is 0 Å². The highest BCUT2D eigenvalue weighted by Gasteiger charge is 1.93. The molecule has 0 saturated carbocycles. The van der Waals surface area contributed by atoms with Crippen LogP contribution in [0.3, 0.4) is 0 Å². The number of carbonyl (C=O) groups is 2. The summed E-state index contributed by atoms with van der Waals surface area (Å²) in [4.78, 5) is 20.0. The second kappa shape index (κ2) is 11.9. The number of esters is 2. The molecule has 0 aliphatic carbocycles. The lowest BCUT2D eigenvalue weighted by molar-refractivity contribution is -0.146. The van der Waals surface area contributed by atoms with Gasteiger partial charge in [0.25, 0.3) is 0 Å². The molecule has 14 heavy (non-hydrogen) atoms. The maximum Gasteiger partial charge on any atom is 0.331 e. The predicted octanol–water partition coefficient (Wildman–Crippen LogP) is -0.652. The number of ether oxygens (including phenoxy) is 3. The Morgan fingerprint density at radius 2 is 1.79 bits per heavy atom. The summed E-state index contributed by atoms with van der Waals surface area (Å²) in [6.45, 7) is 1.54. The monoisotopic (exact) mass is 208 g/mol. The van der Waals surface area contributed by atoms with E-state index in [4.69, 9.17) is 5.11 Å². The average Bonchev–Trinajstić information content (AvgIpc) is 2.19. The van der Waals surface area contributed by atoms with E-state index in [-0.39, 0.29) is 12.6 Å². The van der Waals surface area contributed by atoms with Gasteiger partial charge in [0.1, 0.15) is 13.2 Å². The van der Waals surface area contributed by atoms with Crippen molar-refractivity contribution in [1.82, 2.24) is 0 Å². The summed E-state index contributed by atoms with van der Waals surface area (Å²) in [6.07, 6.45) is 0. The van der Waals surface area contributed by atoms with Crippen LogP contribution >= 0.6 is 0 Å². The molecule has 6 heteroatoms. The zero-order chi connectivity index (χ0) is 11.4. The summed E-state index contributed by atoms with van der Waals surface area (Å²) in [6, 6.07) is 0. The van der Waals surface area contributed by atoms with E-state index in [0.29, 0.717) is 6.61 Å². The third kappa shape index (κ3) is 13.4. The van der Waals surface area contributed by atoms with E-state index in [1.165, 1.54) is 14.2 Å². The number of carbonyl (C=O) groups excluding carboxylic acids is 2. The molecule has 0 aliphatic heterocycles. The van der Waals surface area contributed by atoms with Crippen molar-refractivity contribution in [3.63, 3.8) is 0 Å². The summed E-state index contributed by atoms with van der Waals surface area (Å²) >= 11 is 0. The van der Waals surface area contributed by atoms with Gasteiger partial charge in [0.05, 0.1) is 13.7 Å². The van der Waals surface area contributed by atoms with E-state index in [9.17, 15) is 9.59 Å². The molecule has 0 saturated heterocycles. The first-order chi connectivity index (χ1) is 6.62. The Kier molecular flexibility index (Phi) is 13.0. The average molecular weight is 208 g/mol. The molecule has 1 N–H and O–H groups in total. The molecule has 0 unspecified atom stereocenters. The molecule has 0 amide bonds. The Hall–Kier alpha value is -1.14. The zero-order valence-electron chi connectivity index (χ0n) is 8.61. The standard InChI is InChI=1S/2C4H8O3/c1-6-3-4(5)7-2;1-2-7-4(6)3-5/h3H2,1-2H3;5H,2-3H2,1H3. The minimum atomic E-state index is -0.567. The van der Waals surface area contributed by atoms with E-state index >= 15 is 0 Å². The number of hydrogen-bond donors (Lipinski definition) is 1. The Morgan fingerprint density at radius 3 is 1.93 bits per heavy atom. The lowest BCUT2D eigenvalue weighted by atomic mass is 10.7. The predicted molar refractivity (Wildman–Crippen MR) is 47.6 cm³/mol. The molecular formula is C8H16O6. The Labute approximate surface area is 82.8 Å². The Bertz CT molecular complexity index is 138. The fraction of sp³-hybridized carbons (Fsp3) is 0.750. The maximum atomic E-state index is 10.1. The molecular weight excluding hydrogens is 192 g/mol. The molecule has 0 aromatic carbocycles. The highest BCUT2D eigenvalue weighted by Crippen LogP contribution is 1.72. The maximum absolute atomic E-state index is 10.1. The number of rotatable bonds is 4. The van der Waals surface area contributed by atoms with Crippen LogP contribution in [0.1, 0.15) is 6.92 Å². The first-order valence-electron chi connectivity index (χ1n) is 3.94. The molecule has 0 rings (SSSR count). The zero-order valence-corrected chi connectivity index (χ0v) is 8.61. The van der Waals surface area contributed by atoms with E-state index in [0.717, 1.165) is 0 Å². The largest absolute Gasteiger partial charge is 0.467 e. The quantitative estimate of drug-likeness (QED) is 0.618. The van der Waals surface area contributed by atoms with Gasteiger partial charge in [-0.25, -0.2) is 9.59 Å². The molecule has 0 fully saturated rings. The van der Waals surface area contributed by atoms with E-state index in [1.807, 2.05) is 0 Å². The SMILES string of the molecule is CCOC(=O)CO.COCC(=O)OC. The van der Waals surface area contributed by atoms with Crippen molar-refractivity contribution in [3.05, 3.63) is 0 Å². The second-order valence-corrected chi connectivity index (χ2v) is 1.97. The molecule has 0 aromatic rings. The highest BCUT2D eigenvalue weighted by atomic mass is 16.6. The van der Waals surface area contributed by atoms with Crippen molar-refractivity contribution in [2.75, 3.05) is 34.0 Å². The molecule has 0 atom stereocenters. The summed E-state index contributed by atoms with van der Waals surface area (Å²) in [5, 5.41) is 7.99. The molecule has 0 radical (unpaired) electrons. The summed E-state index contributed by atoms with van der Waals surface area (Å²) in [7, 11) is 2.76. The van der Waals surface area contributed by atoms with Crippen LogP contribution < -0.4 is 0 Å². The summed E-state index contributed by atoms with van der Waals surface area (Å²) in [5.41, 5.74) is 0. The minimum absolute atomic E-state index is 0.0382. The summed E-state index contributed by atoms with van der Waals surface area (Å²) in [5.74, 6) is -0.912. The molecule has 84 valence electrons. The topological polar surface area (TPSA) is 82.1 Å². The van der Waals surface area contributed by atoms with Crippen LogP contribution in [0.2, 0.25) is 0 Å². The fourth-order valence-electron chi connectivity index (χ4n) is 0.383. The normalized spacial score (nSPS) is 8.29. The van der Waals surface area contributed by atoms with Crippen LogP contribution in [0.15, 0.2) is 0 Å². The van der Waals surface area contributed by atoms with Gasteiger partial charge in [0, 0.05) is 7.11 Å². The van der Waals surface area contributed by atoms with Gasteiger partial charge in [-0.3, -0.25) is 0 Å². The minimum Gasteiger partial charge on any atom is -0.467 e. The van der Waals surface area contributed by atoms with E-state index in [1.54, 1.807) is 6.92 Å². The van der Waals surface area contributed by atoms with Crippen molar-refractivity contribution < 1.29 is 28.9 Å². The smallest absolute Gasteiger partial charge is 0.331 e. The Morgan fingerprint density at radius 1 is 1.21 bits per heavy atom. The van der Waals surface area contributed by atoms with Crippen molar-refractivity contribution >= 4 is 11.9 Å². The number of aliphatic hydroxyl groups is 1. The summed E-state index contributed by atoms with van der Waals surface area (Å²) < 4.78 is 12.9. The van der Waals surface area contributed by atoms with Crippen LogP contribution in [0.25, 0.3) is 0 Å². The van der Waals surface area contributed by atoms with Gasteiger partial charge in [-0.2, -0.15) is 0 Å². The molecule has 0 aromatic heterocycles. The van der Waals surface area contributed by atoms with Crippen LogP contribution in [0.4, 0.5) is 0 Å². The molecule has 0 bridgehead atoms. The van der Waals surface area contributed by atoms with Crippen molar-refractivity contribution in [1.29, 1.82) is 0 Å². The van der Waals surface area contributed by atoms with Crippen LogP contribution in [0, 0.1) is 0 Å². The van der Waals surface area contributed by atoms with E-state index < -0.39 is 12.6 Å². The first kappa shape index (κ1) is 15.3. The van der Waals surface area contributed by atoms with Crippen LogP contribution in [0.5, 0.6) is 0 Å². The highest BCUT2D eigenvalue weighted by molar-refractivity contribution is 5.70. The molecule has 0 aliphatic rings. The third-order valence-electron chi connectivity index (χ3n) is 0.924. The van der Waals surface area contributed by atoms with Crippen molar-refractivity contribution in [2.24, 2.45) is 0 Å². The lowest BCUT2D eigenvalue weighted by Gasteiger charge is -1.93. The van der Waals surface area contributed by atoms with Crippen molar-refractivity contribution in [3.8, 4) is 0 Å². The van der Waals surface area contributed by atoms with Crippen LogP contribution in [-0.4, -0.2) is 51.1 Å². The van der Waals surface area contributed by atoms with Gasteiger partial charge in [-0.15, -0.1) is 0 Å². The fourth-order valence-corrected chi connectivity index (χ4v) is 0.383. The van der Waals surface area contributed by atoms with Gasteiger partial charge in [-0.1, -0.05) is 0 Å². The van der Waals surface area contributed by atoms with Gasteiger partial charge in [-0.05, 0) is 6.92 Å². The van der Waals surface area contributed by atoms with Gasteiger partial charge < -0.3 is 19.3 Å². The number of aliphatic hydroxyl groups excluding tert-OH is 1. The number of hydrogen-bond acceptors (Lipinski definition) is 6. The van der Waals surface area contributed by atoms with Crippen molar-refractivity contribution in [2.45, 2.75) is 6.92 Å². The van der Waals surface area contributed by atoms with Crippen LogP contribution in [-0.2, 0) is 23.8 Å². The van der Waals surface area contributed by atoms with Gasteiger partial charge >= 0.3 is 11.9 Å². The number of methoxy groups -OCH3 is 2. The lowest BCUT2D eigenvalue weighted by Crippen LogP contribution is -2.07. The molecule has 6 nitrogen and oxygen atoms in total.